The Hall–Kier alpha value is -1.52. The summed E-state index contributed by atoms with van der Waals surface area (Å²) < 4.78 is 0. The molecule has 2 unspecified atom stereocenters. The van der Waals surface area contributed by atoms with Gasteiger partial charge in [-0.3, -0.25) is 14.5 Å². The second kappa shape index (κ2) is 7.61. The van der Waals surface area contributed by atoms with Crippen LogP contribution in [-0.4, -0.2) is 41.1 Å². The predicted octanol–water partition coefficient (Wildman–Crippen LogP) is 3.47. The fraction of sp³-hybridized carbons (Fsp3) is 0.636. The number of fused-ring (bicyclic) bond motifs is 1. The van der Waals surface area contributed by atoms with Crippen molar-refractivity contribution >= 4 is 11.6 Å². The summed E-state index contributed by atoms with van der Waals surface area (Å²) in [5.41, 5.74) is 8.85. The number of hydrogen-bond donors (Lipinski definition) is 1. The van der Waals surface area contributed by atoms with Gasteiger partial charge in [0.2, 0.25) is 0 Å². The SMILES string of the molecule is CCC(C)N1CCCC(c2ccc3c(c2)CCCC3=O)[C@]1(CN)C(C)=O. The Balaban J connectivity index is 2.06. The lowest BCUT2D eigenvalue weighted by Crippen LogP contribution is -2.66. The highest BCUT2D eigenvalue weighted by molar-refractivity contribution is 5.98. The quantitative estimate of drug-likeness (QED) is 0.877. The maximum absolute atomic E-state index is 12.9. The van der Waals surface area contributed by atoms with E-state index in [1.165, 1.54) is 5.56 Å². The number of likely N-dealkylation sites (tertiary alicyclic amines) is 1. The van der Waals surface area contributed by atoms with Gasteiger partial charge < -0.3 is 5.73 Å². The molecule has 2 N–H and O–H groups in total. The predicted molar refractivity (Wildman–Crippen MR) is 105 cm³/mol. The smallest absolute Gasteiger partial charge is 0.163 e. The molecular formula is C22H32N2O2. The number of Topliss-reactive ketones (excluding diaryl/α,β-unsaturated/α-hetero) is 2. The van der Waals surface area contributed by atoms with Crippen molar-refractivity contribution in [3.8, 4) is 0 Å². The van der Waals surface area contributed by atoms with Crippen molar-refractivity contribution in [1.29, 1.82) is 0 Å². The van der Waals surface area contributed by atoms with Gasteiger partial charge in [0.1, 0.15) is 0 Å². The van der Waals surface area contributed by atoms with E-state index in [4.69, 9.17) is 5.73 Å². The van der Waals surface area contributed by atoms with E-state index in [9.17, 15) is 9.59 Å². The molecule has 1 aromatic carbocycles. The van der Waals surface area contributed by atoms with Gasteiger partial charge in [-0.05, 0) is 63.6 Å². The van der Waals surface area contributed by atoms with Crippen molar-refractivity contribution in [1.82, 2.24) is 4.90 Å². The molecule has 0 amide bonds. The van der Waals surface area contributed by atoms with E-state index >= 15 is 0 Å². The summed E-state index contributed by atoms with van der Waals surface area (Å²) in [5.74, 6) is 0.508. The topological polar surface area (TPSA) is 63.4 Å². The summed E-state index contributed by atoms with van der Waals surface area (Å²) in [7, 11) is 0. The third-order valence-corrected chi connectivity index (χ3v) is 6.71. The summed E-state index contributed by atoms with van der Waals surface area (Å²) in [6.45, 7) is 7.32. The molecule has 0 aromatic heterocycles. The molecule has 4 nitrogen and oxygen atoms in total. The largest absolute Gasteiger partial charge is 0.328 e. The molecular weight excluding hydrogens is 324 g/mol. The number of carbonyl (C=O) groups excluding carboxylic acids is 2. The molecule has 4 heteroatoms. The lowest BCUT2D eigenvalue weighted by Gasteiger charge is -2.53. The third kappa shape index (κ3) is 3.03. The van der Waals surface area contributed by atoms with E-state index < -0.39 is 5.54 Å². The molecule has 0 spiro atoms. The number of hydrogen-bond acceptors (Lipinski definition) is 4. The number of piperidine rings is 1. The Morgan fingerprint density at radius 3 is 2.77 bits per heavy atom. The van der Waals surface area contributed by atoms with Crippen molar-refractivity contribution in [2.45, 2.75) is 76.8 Å². The highest BCUT2D eigenvalue weighted by atomic mass is 16.1. The summed E-state index contributed by atoms with van der Waals surface area (Å²) in [6, 6.07) is 6.56. The van der Waals surface area contributed by atoms with Crippen LogP contribution in [0.1, 0.15) is 80.3 Å². The van der Waals surface area contributed by atoms with Gasteiger partial charge in [-0.25, -0.2) is 0 Å². The first-order valence-corrected chi connectivity index (χ1v) is 10.1. The maximum atomic E-state index is 12.9. The van der Waals surface area contributed by atoms with Crippen LogP contribution in [0.15, 0.2) is 18.2 Å². The van der Waals surface area contributed by atoms with E-state index in [2.05, 4.69) is 30.9 Å². The van der Waals surface area contributed by atoms with Crippen molar-refractivity contribution in [3.63, 3.8) is 0 Å². The standard InChI is InChI=1S/C22H32N2O2/c1-4-15(2)24-12-6-8-20(22(24,14-23)16(3)25)18-10-11-19-17(13-18)7-5-9-21(19)26/h10-11,13,15,20H,4-9,12,14,23H2,1-3H3/t15?,20?,22-/m0/s1. The van der Waals surface area contributed by atoms with Crippen LogP contribution >= 0.6 is 0 Å². The molecule has 26 heavy (non-hydrogen) atoms. The Bertz CT molecular complexity index is 699. The van der Waals surface area contributed by atoms with Crippen molar-refractivity contribution in [2.24, 2.45) is 5.73 Å². The molecule has 1 aromatic rings. The Morgan fingerprint density at radius 2 is 2.12 bits per heavy atom. The van der Waals surface area contributed by atoms with Gasteiger partial charge in [-0.1, -0.05) is 25.1 Å². The first kappa shape index (κ1) is 19.2. The Labute approximate surface area is 157 Å². The molecule has 0 saturated carbocycles. The molecule has 2 aliphatic rings. The fourth-order valence-corrected chi connectivity index (χ4v) is 5.11. The Morgan fingerprint density at radius 1 is 1.35 bits per heavy atom. The highest BCUT2D eigenvalue weighted by Gasteiger charge is 2.50. The van der Waals surface area contributed by atoms with Crippen molar-refractivity contribution < 1.29 is 9.59 Å². The van der Waals surface area contributed by atoms with Gasteiger partial charge in [-0.15, -0.1) is 0 Å². The number of carbonyl (C=O) groups is 2. The number of rotatable bonds is 5. The molecule has 1 aliphatic carbocycles. The van der Waals surface area contributed by atoms with Crippen LogP contribution in [0, 0.1) is 0 Å². The summed E-state index contributed by atoms with van der Waals surface area (Å²) in [5, 5.41) is 0. The molecule has 142 valence electrons. The molecule has 3 rings (SSSR count). The number of aryl methyl sites for hydroxylation is 1. The van der Waals surface area contributed by atoms with Crippen LogP contribution in [0.2, 0.25) is 0 Å². The minimum absolute atomic E-state index is 0.0927. The number of nitrogens with zero attached hydrogens (tertiary/aromatic N) is 1. The molecule has 3 atom stereocenters. The zero-order valence-electron chi connectivity index (χ0n) is 16.4. The molecule has 0 bridgehead atoms. The second-order valence-corrected chi connectivity index (χ2v) is 8.02. The van der Waals surface area contributed by atoms with Gasteiger partial charge in [0.15, 0.2) is 11.6 Å². The normalized spacial score (nSPS) is 27.8. The minimum atomic E-state index is -0.638. The van der Waals surface area contributed by atoms with Crippen LogP contribution in [-0.2, 0) is 11.2 Å². The highest BCUT2D eigenvalue weighted by Crippen LogP contribution is 2.43. The first-order chi connectivity index (χ1) is 12.5. The average Bonchev–Trinajstić information content (AvgIpc) is 2.66. The number of ketones is 2. The molecule has 1 fully saturated rings. The molecule has 1 saturated heterocycles. The van der Waals surface area contributed by atoms with Gasteiger partial charge in [0.25, 0.3) is 0 Å². The van der Waals surface area contributed by atoms with Crippen LogP contribution in [0.25, 0.3) is 0 Å². The van der Waals surface area contributed by atoms with E-state index in [0.29, 0.717) is 19.0 Å². The molecule has 1 heterocycles. The van der Waals surface area contributed by atoms with Crippen molar-refractivity contribution in [2.75, 3.05) is 13.1 Å². The summed E-state index contributed by atoms with van der Waals surface area (Å²) in [6.07, 6.45) is 5.56. The van der Waals surface area contributed by atoms with Gasteiger partial charge >= 0.3 is 0 Å². The average molecular weight is 357 g/mol. The number of nitrogens with two attached hydrogens (primary N) is 1. The molecule has 0 radical (unpaired) electrons. The van der Waals surface area contributed by atoms with E-state index in [1.54, 1.807) is 6.92 Å². The lowest BCUT2D eigenvalue weighted by atomic mass is 9.69. The second-order valence-electron chi connectivity index (χ2n) is 8.02. The van der Waals surface area contributed by atoms with Gasteiger partial charge in [0.05, 0.1) is 5.54 Å². The van der Waals surface area contributed by atoms with Crippen LogP contribution in [0.5, 0.6) is 0 Å². The monoisotopic (exact) mass is 356 g/mol. The van der Waals surface area contributed by atoms with Gasteiger partial charge in [-0.2, -0.15) is 0 Å². The zero-order valence-corrected chi connectivity index (χ0v) is 16.4. The van der Waals surface area contributed by atoms with E-state index in [-0.39, 0.29) is 17.5 Å². The van der Waals surface area contributed by atoms with Crippen LogP contribution in [0.4, 0.5) is 0 Å². The van der Waals surface area contributed by atoms with Crippen molar-refractivity contribution in [3.05, 3.63) is 34.9 Å². The summed E-state index contributed by atoms with van der Waals surface area (Å²) in [4.78, 5) is 27.4. The summed E-state index contributed by atoms with van der Waals surface area (Å²) >= 11 is 0. The third-order valence-electron chi connectivity index (χ3n) is 6.71. The molecule has 1 aliphatic heterocycles. The van der Waals surface area contributed by atoms with Crippen LogP contribution < -0.4 is 5.73 Å². The minimum Gasteiger partial charge on any atom is -0.328 e. The van der Waals surface area contributed by atoms with Gasteiger partial charge in [0, 0.05) is 30.5 Å². The maximum Gasteiger partial charge on any atom is 0.163 e. The number of benzene rings is 1. The van der Waals surface area contributed by atoms with E-state index in [0.717, 1.165) is 49.8 Å². The first-order valence-electron chi connectivity index (χ1n) is 10.1. The van der Waals surface area contributed by atoms with E-state index in [1.807, 2.05) is 6.07 Å². The van der Waals surface area contributed by atoms with Crippen LogP contribution in [0.3, 0.4) is 0 Å². The zero-order chi connectivity index (χ0) is 18.9. The lowest BCUT2D eigenvalue weighted by molar-refractivity contribution is -0.134. The Kier molecular flexibility index (Phi) is 5.64. The fourth-order valence-electron chi connectivity index (χ4n) is 5.11.